The predicted molar refractivity (Wildman–Crippen MR) is 177 cm³/mol. The summed E-state index contributed by atoms with van der Waals surface area (Å²) in [6, 6.07) is -0.0170. The summed E-state index contributed by atoms with van der Waals surface area (Å²) >= 11 is 0. The molecule has 0 atom stereocenters. The van der Waals surface area contributed by atoms with E-state index in [1.165, 1.54) is 18.5 Å². The van der Waals surface area contributed by atoms with E-state index in [-0.39, 0.29) is 6.03 Å². The van der Waals surface area contributed by atoms with Gasteiger partial charge in [0.2, 0.25) is 0 Å². The Bertz CT molecular complexity index is 1180. The molecule has 0 spiro atoms. The number of piperazine rings is 1. The van der Waals surface area contributed by atoms with Crippen molar-refractivity contribution >= 4 is 18.1 Å². The van der Waals surface area contributed by atoms with E-state index in [1.807, 2.05) is 11.0 Å². The van der Waals surface area contributed by atoms with Gasteiger partial charge in [-0.05, 0) is 69.5 Å². The van der Waals surface area contributed by atoms with Gasteiger partial charge < -0.3 is 34.4 Å². The Balaban J connectivity index is 1.09. The lowest BCUT2D eigenvalue weighted by atomic mass is 9.90. The zero-order chi connectivity index (χ0) is 30.6. The van der Waals surface area contributed by atoms with Crippen molar-refractivity contribution in [2.24, 2.45) is 15.9 Å². The molecular formula is C34H51N7O3. The fraction of sp³-hybridized carbons (Fsp3) is 0.618. The summed E-state index contributed by atoms with van der Waals surface area (Å²) in [5.74, 6) is 1.78. The number of aliphatic imine (C=N–C) groups is 2. The van der Waals surface area contributed by atoms with Crippen LogP contribution in [0.4, 0.5) is 4.79 Å². The fourth-order valence-corrected chi connectivity index (χ4v) is 6.40. The molecule has 5 rings (SSSR count). The quantitative estimate of drug-likeness (QED) is 0.397. The first-order valence-electron chi connectivity index (χ1n) is 16.5. The largest absolute Gasteiger partial charge is 0.493 e. The van der Waals surface area contributed by atoms with Crippen molar-refractivity contribution in [3.63, 3.8) is 0 Å². The van der Waals surface area contributed by atoms with Gasteiger partial charge in [0.25, 0.3) is 0 Å². The highest BCUT2D eigenvalue weighted by Crippen LogP contribution is 2.24. The molecule has 4 heterocycles. The molecule has 44 heavy (non-hydrogen) atoms. The van der Waals surface area contributed by atoms with E-state index in [0.717, 1.165) is 94.4 Å². The number of amides is 2. The molecule has 1 N–H and O–H groups in total. The lowest BCUT2D eigenvalue weighted by Crippen LogP contribution is -2.45. The highest BCUT2D eigenvalue weighted by atomic mass is 16.5. The molecule has 0 aromatic rings. The molecule has 3 saturated heterocycles. The maximum atomic E-state index is 13.1. The van der Waals surface area contributed by atoms with Crippen LogP contribution in [0.3, 0.4) is 0 Å². The number of likely N-dealkylation sites (N-methyl/N-ethyl adjacent to an activating group) is 1. The third kappa shape index (κ3) is 9.32. The number of piperidine rings is 1. The summed E-state index contributed by atoms with van der Waals surface area (Å²) in [6.07, 6.45) is 20.9. The lowest BCUT2D eigenvalue weighted by Gasteiger charge is -2.32. The van der Waals surface area contributed by atoms with Crippen molar-refractivity contribution in [2.45, 2.75) is 44.9 Å². The predicted octanol–water partition coefficient (Wildman–Crippen LogP) is 4.17. The number of hydrogen-bond donors (Lipinski definition) is 1. The minimum absolute atomic E-state index is 0.0170. The number of allylic oxidation sites excluding steroid dienone is 5. The van der Waals surface area contributed by atoms with Gasteiger partial charge in [0.1, 0.15) is 6.34 Å². The van der Waals surface area contributed by atoms with Crippen LogP contribution in [0.2, 0.25) is 0 Å². The average molecular weight is 606 g/mol. The molecule has 5 aliphatic rings. The molecule has 240 valence electrons. The van der Waals surface area contributed by atoms with Gasteiger partial charge in [-0.2, -0.15) is 0 Å². The maximum absolute atomic E-state index is 13.1. The number of rotatable bonds is 9. The average Bonchev–Trinajstić information content (AvgIpc) is 3.49. The summed E-state index contributed by atoms with van der Waals surface area (Å²) in [5.41, 5.74) is 3.26. The molecule has 3 fully saturated rings. The number of carbonyl (C=O) groups excluding carboxylic acids is 1. The Kier molecular flexibility index (Phi) is 12.1. The second kappa shape index (κ2) is 16.6. The van der Waals surface area contributed by atoms with Crippen molar-refractivity contribution in [1.82, 2.24) is 24.9 Å². The van der Waals surface area contributed by atoms with Crippen LogP contribution >= 0.6 is 0 Å². The smallest absolute Gasteiger partial charge is 0.321 e. The van der Waals surface area contributed by atoms with Gasteiger partial charge in [0.15, 0.2) is 11.5 Å². The van der Waals surface area contributed by atoms with E-state index in [9.17, 15) is 4.79 Å². The second-order valence-corrected chi connectivity index (χ2v) is 12.3. The van der Waals surface area contributed by atoms with Crippen LogP contribution in [0, 0.1) is 5.92 Å². The van der Waals surface area contributed by atoms with Crippen LogP contribution in [0.25, 0.3) is 0 Å². The normalized spacial score (nSPS) is 25.2. The van der Waals surface area contributed by atoms with Crippen LogP contribution in [0.15, 0.2) is 69.4 Å². The standard InChI is InChI=1S/C34H51N7O3/c1-38-22-24-39(25-23-38)17-6-26-44-33-13-16-35-27-36-31(11-12-32(33)43-2)28-14-20-41(21-15-28)34(42)37-29-7-5-8-30(10-9-29)40-18-3-4-19-40/h5,8-10,12-13,27-28H,3-4,6-7,11,14-26H2,1-2H3,(H,37,42)/b32-12+,33-13+,35-27?,36-31?. The molecule has 1 aliphatic carbocycles. The molecule has 0 aromatic carbocycles. The van der Waals surface area contributed by atoms with Crippen LogP contribution in [0.5, 0.6) is 0 Å². The second-order valence-electron chi connectivity index (χ2n) is 12.3. The minimum Gasteiger partial charge on any atom is -0.493 e. The first-order chi connectivity index (χ1) is 21.6. The number of carbonyl (C=O) groups is 1. The molecule has 10 nitrogen and oxygen atoms in total. The number of ether oxygens (including phenoxy) is 2. The SMILES string of the molecule is COC1=C/CC(C2CCN(C(=O)NC3=CC=C(N4CCCC4)C=CC3)CC2)=NC=NC/C=C\1OCCCN1CCN(C)CC1. The zero-order valence-corrected chi connectivity index (χ0v) is 26.8. The maximum Gasteiger partial charge on any atom is 0.321 e. The number of likely N-dealkylation sites (tertiary alicyclic amines) is 2. The van der Waals surface area contributed by atoms with Gasteiger partial charge in [0.05, 0.1) is 20.3 Å². The summed E-state index contributed by atoms with van der Waals surface area (Å²) in [7, 11) is 3.88. The van der Waals surface area contributed by atoms with Crippen molar-refractivity contribution in [3.8, 4) is 0 Å². The third-order valence-electron chi connectivity index (χ3n) is 9.19. The first-order valence-corrected chi connectivity index (χ1v) is 16.5. The molecule has 10 heteroatoms. The summed E-state index contributed by atoms with van der Waals surface area (Å²) in [4.78, 5) is 31.6. The van der Waals surface area contributed by atoms with E-state index in [2.05, 4.69) is 62.4 Å². The van der Waals surface area contributed by atoms with Crippen molar-refractivity contribution in [3.05, 3.63) is 59.4 Å². The van der Waals surface area contributed by atoms with Gasteiger partial charge in [0, 0.05) is 94.8 Å². The molecule has 0 aromatic heterocycles. The van der Waals surface area contributed by atoms with E-state index in [0.29, 0.717) is 38.6 Å². The van der Waals surface area contributed by atoms with Crippen LogP contribution < -0.4 is 5.32 Å². The zero-order valence-electron chi connectivity index (χ0n) is 26.8. The fourth-order valence-electron chi connectivity index (χ4n) is 6.40. The van der Waals surface area contributed by atoms with Gasteiger partial charge >= 0.3 is 6.03 Å². The van der Waals surface area contributed by atoms with Gasteiger partial charge in [-0.1, -0.05) is 6.08 Å². The van der Waals surface area contributed by atoms with Crippen LogP contribution in [-0.2, 0) is 9.47 Å². The van der Waals surface area contributed by atoms with E-state index < -0.39 is 0 Å². The van der Waals surface area contributed by atoms with E-state index >= 15 is 0 Å². The summed E-state index contributed by atoms with van der Waals surface area (Å²) < 4.78 is 12.0. The minimum atomic E-state index is -0.0170. The van der Waals surface area contributed by atoms with Gasteiger partial charge in [-0.25, -0.2) is 9.79 Å². The van der Waals surface area contributed by atoms with Crippen LogP contribution in [-0.4, -0.2) is 124 Å². The Morgan fingerprint density at radius 3 is 2.55 bits per heavy atom. The van der Waals surface area contributed by atoms with E-state index in [1.54, 1.807) is 13.4 Å². The topological polar surface area (TPSA) is 85.2 Å². The highest BCUT2D eigenvalue weighted by molar-refractivity contribution is 5.93. The molecular weight excluding hydrogens is 554 g/mol. The summed E-state index contributed by atoms with van der Waals surface area (Å²) in [6.45, 7) is 10.3. The van der Waals surface area contributed by atoms with Crippen molar-refractivity contribution in [1.29, 1.82) is 0 Å². The van der Waals surface area contributed by atoms with Crippen molar-refractivity contribution in [2.75, 3.05) is 86.2 Å². The highest BCUT2D eigenvalue weighted by Gasteiger charge is 2.26. The van der Waals surface area contributed by atoms with Gasteiger partial charge in [-0.3, -0.25) is 4.99 Å². The number of methoxy groups -OCH3 is 1. The van der Waals surface area contributed by atoms with Crippen molar-refractivity contribution < 1.29 is 14.3 Å². The molecule has 2 amide bonds. The number of hydrogen-bond acceptors (Lipinski definition) is 8. The molecule has 0 saturated carbocycles. The number of nitrogens with zero attached hydrogens (tertiary/aromatic N) is 6. The summed E-state index contributed by atoms with van der Waals surface area (Å²) in [5, 5.41) is 3.16. The first kappa shape index (κ1) is 32.0. The van der Waals surface area contributed by atoms with Crippen LogP contribution in [0.1, 0.15) is 44.9 Å². The molecule has 0 radical (unpaired) electrons. The van der Waals surface area contributed by atoms with Gasteiger partial charge in [-0.15, -0.1) is 0 Å². The molecule has 4 aliphatic heterocycles. The Morgan fingerprint density at radius 2 is 1.77 bits per heavy atom. The molecule has 0 bridgehead atoms. The third-order valence-corrected chi connectivity index (χ3v) is 9.19. The Morgan fingerprint density at radius 1 is 0.977 bits per heavy atom. The number of nitrogens with one attached hydrogen (secondary N) is 1. The lowest BCUT2D eigenvalue weighted by molar-refractivity contribution is 0.129. The Hall–Kier alpha value is -3.37. The Labute approximate surface area is 263 Å². The number of urea groups is 1. The van der Waals surface area contributed by atoms with E-state index in [4.69, 9.17) is 14.5 Å². The molecule has 0 unspecified atom stereocenters. The monoisotopic (exact) mass is 605 g/mol.